The van der Waals surface area contributed by atoms with Gasteiger partial charge in [-0.1, -0.05) is 29.8 Å². The highest BCUT2D eigenvalue weighted by atomic mass is 35.5. The van der Waals surface area contributed by atoms with Crippen molar-refractivity contribution in [2.45, 2.75) is 19.8 Å². The average molecular weight is 349 g/mol. The van der Waals surface area contributed by atoms with E-state index in [-0.39, 0.29) is 18.0 Å². The summed E-state index contributed by atoms with van der Waals surface area (Å²) in [5, 5.41) is 14.0. The third-order valence-corrected chi connectivity index (χ3v) is 3.66. The van der Waals surface area contributed by atoms with Crippen molar-refractivity contribution in [1.82, 2.24) is 0 Å². The Morgan fingerprint density at radius 2 is 2.04 bits per heavy atom. The second-order valence-corrected chi connectivity index (χ2v) is 5.59. The molecule has 7 heteroatoms. The van der Waals surface area contributed by atoms with Crippen LogP contribution in [-0.2, 0) is 4.79 Å². The molecule has 126 valence electrons. The molecule has 0 unspecified atom stereocenters. The summed E-state index contributed by atoms with van der Waals surface area (Å²) in [5.41, 5.74) is 1.15. The van der Waals surface area contributed by atoms with Crippen LogP contribution in [0.3, 0.4) is 0 Å². The second-order valence-electron chi connectivity index (χ2n) is 5.19. The number of hydrogen-bond acceptors (Lipinski definition) is 4. The lowest BCUT2D eigenvalue weighted by molar-refractivity contribution is -0.384. The molecule has 0 saturated carbocycles. The van der Waals surface area contributed by atoms with Crippen LogP contribution in [0.5, 0.6) is 5.75 Å². The zero-order chi connectivity index (χ0) is 17.5. The van der Waals surface area contributed by atoms with Crippen molar-refractivity contribution >= 4 is 28.9 Å². The summed E-state index contributed by atoms with van der Waals surface area (Å²) in [6, 6.07) is 11.5. The minimum atomic E-state index is -0.494. The van der Waals surface area contributed by atoms with Gasteiger partial charge in [0.25, 0.3) is 5.69 Å². The normalized spacial score (nSPS) is 10.2. The molecular formula is C17H17ClN2O4. The van der Waals surface area contributed by atoms with Crippen LogP contribution in [0.1, 0.15) is 18.4 Å². The van der Waals surface area contributed by atoms with E-state index in [4.69, 9.17) is 16.3 Å². The maximum Gasteiger partial charge on any atom is 0.271 e. The van der Waals surface area contributed by atoms with Gasteiger partial charge in [0.2, 0.25) is 5.91 Å². The van der Waals surface area contributed by atoms with Crippen molar-refractivity contribution in [2.75, 3.05) is 11.9 Å². The Morgan fingerprint density at radius 1 is 1.29 bits per heavy atom. The van der Waals surface area contributed by atoms with Gasteiger partial charge in [0.15, 0.2) is 0 Å². The Morgan fingerprint density at radius 3 is 2.75 bits per heavy atom. The highest BCUT2D eigenvalue weighted by Crippen LogP contribution is 2.24. The van der Waals surface area contributed by atoms with E-state index < -0.39 is 4.92 Å². The Kier molecular flexibility index (Phi) is 6.14. The lowest BCUT2D eigenvalue weighted by Crippen LogP contribution is -2.13. The number of anilines is 1. The molecule has 2 aromatic rings. The molecule has 0 aliphatic carbocycles. The predicted octanol–water partition coefficient (Wildman–Crippen LogP) is 4.35. The van der Waals surface area contributed by atoms with Crippen LogP contribution in [0.15, 0.2) is 42.5 Å². The van der Waals surface area contributed by atoms with Crippen molar-refractivity contribution in [1.29, 1.82) is 0 Å². The van der Waals surface area contributed by atoms with Crippen LogP contribution in [-0.4, -0.2) is 17.4 Å². The van der Waals surface area contributed by atoms with Gasteiger partial charge < -0.3 is 10.1 Å². The monoisotopic (exact) mass is 348 g/mol. The van der Waals surface area contributed by atoms with E-state index in [1.807, 2.05) is 12.1 Å². The predicted molar refractivity (Wildman–Crippen MR) is 92.6 cm³/mol. The van der Waals surface area contributed by atoms with Gasteiger partial charge >= 0.3 is 0 Å². The maximum absolute atomic E-state index is 12.0. The van der Waals surface area contributed by atoms with Crippen molar-refractivity contribution in [3.63, 3.8) is 0 Å². The van der Waals surface area contributed by atoms with E-state index >= 15 is 0 Å². The molecule has 6 nitrogen and oxygen atoms in total. The molecule has 1 N–H and O–H groups in total. The molecule has 0 fully saturated rings. The molecule has 0 atom stereocenters. The minimum Gasteiger partial charge on any atom is -0.492 e. The zero-order valence-electron chi connectivity index (χ0n) is 13.1. The summed E-state index contributed by atoms with van der Waals surface area (Å²) in [4.78, 5) is 22.3. The van der Waals surface area contributed by atoms with Crippen LogP contribution in [0, 0.1) is 17.0 Å². The Hall–Kier alpha value is -2.60. The number of para-hydroxylation sites is 1. The number of nitro groups is 1. The molecule has 0 bridgehead atoms. The van der Waals surface area contributed by atoms with E-state index in [0.717, 1.165) is 5.56 Å². The van der Waals surface area contributed by atoms with Gasteiger partial charge in [0, 0.05) is 18.6 Å². The zero-order valence-corrected chi connectivity index (χ0v) is 13.9. The molecule has 0 aliphatic rings. The molecule has 2 aromatic carbocycles. The van der Waals surface area contributed by atoms with E-state index in [2.05, 4.69) is 5.32 Å². The van der Waals surface area contributed by atoms with Crippen LogP contribution in [0.2, 0.25) is 5.02 Å². The summed E-state index contributed by atoms with van der Waals surface area (Å²) >= 11 is 5.97. The minimum absolute atomic E-state index is 0.0575. The van der Waals surface area contributed by atoms with Crippen LogP contribution < -0.4 is 10.1 Å². The molecule has 0 aliphatic heterocycles. The molecular weight excluding hydrogens is 332 g/mol. The number of nitro benzene ring substituents is 1. The van der Waals surface area contributed by atoms with Crippen molar-refractivity contribution in [2.24, 2.45) is 0 Å². The number of carbonyl (C=O) groups excluding carboxylic acids is 1. The van der Waals surface area contributed by atoms with Crippen molar-refractivity contribution in [3.8, 4) is 5.75 Å². The van der Waals surface area contributed by atoms with Crippen LogP contribution in [0.4, 0.5) is 11.4 Å². The van der Waals surface area contributed by atoms with E-state index in [1.54, 1.807) is 25.1 Å². The Bertz CT molecular complexity index is 749. The summed E-state index contributed by atoms with van der Waals surface area (Å²) in [7, 11) is 0. The highest BCUT2D eigenvalue weighted by molar-refractivity contribution is 6.32. The standard InChI is InChI=1S/C17H17ClN2O4/c1-12-8-9-13(20(22)23)11-15(12)19-17(21)7-4-10-24-16-6-3-2-5-14(16)18/h2-3,5-6,8-9,11H,4,7,10H2,1H3,(H,19,21). The number of nitrogens with zero attached hydrogens (tertiary/aromatic N) is 1. The van der Waals surface area contributed by atoms with Crippen molar-refractivity contribution in [3.05, 3.63) is 63.2 Å². The lowest BCUT2D eigenvalue weighted by atomic mass is 10.1. The third-order valence-electron chi connectivity index (χ3n) is 3.35. The molecule has 0 spiro atoms. The summed E-state index contributed by atoms with van der Waals surface area (Å²) in [5.74, 6) is 0.357. The molecule has 2 rings (SSSR count). The fraction of sp³-hybridized carbons (Fsp3) is 0.235. The molecule has 0 saturated heterocycles. The maximum atomic E-state index is 12.0. The van der Waals surface area contributed by atoms with E-state index in [0.29, 0.717) is 29.5 Å². The first-order valence-electron chi connectivity index (χ1n) is 7.39. The van der Waals surface area contributed by atoms with Gasteiger partial charge in [-0.05, 0) is 31.0 Å². The quantitative estimate of drug-likeness (QED) is 0.458. The van der Waals surface area contributed by atoms with Gasteiger partial charge in [0.05, 0.1) is 22.2 Å². The molecule has 0 aromatic heterocycles. The number of nitrogens with one attached hydrogen (secondary N) is 1. The van der Waals surface area contributed by atoms with Crippen LogP contribution in [0.25, 0.3) is 0 Å². The first kappa shape index (κ1) is 17.7. The number of ether oxygens (including phenoxy) is 1. The highest BCUT2D eigenvalue weighted by Gasteiger charge is 2.11. The number of non-ortho nitro benzene ring substituents is 1. The first-order chi connectivity index (χ1) is 11.5. The molecule has 0 radical (unpaired) electrons. The molecule has 24 heavy (non-hydrogen) atoms. The van der Waals surface area contributed by atoms with Gasteiger partial charge in [-0.2, -0.15) is 0 Å². The number of benzene rings is 2. The van der Waals surface area contributed by atoms with Gasteiger partial charge in [-0.25, -0.2) is 0 Å². The Labute approximate surface area is 144 Å². The van der Waals surface area contributed by atoms with Crippen molar-refractivity contribution < 1.29 is 14.5 Å². The largest absolute Gasteiger partial charge is 0.492 e. The molecule has 0 heterocycles. The summed E-state index contributed by atoms with van der Waals surface area (Å²) in [6.45, 7) is 2.13. The van der Waals surface area contributed by atoms with E-state index in [9.17, 15) is 14.9 Å². The number of halogens is 1. The fourth-order valence-corrected chi connectivity index (χ4v) is 2.24. The Balaban J connectivity index is 1.82. The number of aryl methyl sites for hydroxylation is 1. The van der Waals surface area contributed by atoms with Gasteiger partial charge in [0.1, 0.15) is 5.75 Å². The summed E-state index contributed by atoms with van der Waals surface area (Å²) in [6.07, 6.45) is 0.748. The summed E-state index contributed by atoms with van der Waals surface area (Å²) < 4.78 is 5.51. The smallest absolute Gasteiger partial charge is 0.271 e. The average Bonchev–Trinajstić information content (AvgIpc) is 2.55. The lowest BCUT2D eigenvalue weighted by Gasteiger charge is -2.09. The number of rotatable bonds is 7. The van der Waals surface area contributed by atoms with E-state index in [1.165, 1.54) is 12.1 Å². The second kappa shape index (κ2) is 8.31. The number of amides is 1. The third kappa shape index (κ3) is 4.96. The molecule has 1 amide bonds. The fourth-order valence-electron chi connectivity index (χ4n) is 2.05. The topological polar surface area (TPSA) is 81.5 Å². The SMILES string of the molecule is Cc1ccc([N+](=O)[O-])cc1NC(=O)CCCOc1ccccc1Cl. The van der Waals surface area contributed by atoms with Gasteiger partial charge in [-0.15, -0.1) is 0 Å². The van der Waals surface area contributed by atoms with Gasteiger partial charge in [-0.3, -0.25) is 14.9 Å². The van der Waals surface area contributed by atoms with Crippen LogP contribution >= 0.6 is 11.6 Å². The first-order valence-corrected chi connectivity index (χ1v) is 7.77. The number of hydrogen-bond donors (Lipinski definition) is 1. The number of carbonyl (C=O) groups is 1.